The summed E-state index contributed by atoms with van der Waals surface area (Å²) in [5, 5.41) is 18.8. The standard InChI is InChI=1S/C12H15NO3S/c1-17-9-4-2-8(3-5-9)12(16)13-6-10(14)11(15)7-13/h2-5,10-11,14-15H,6-7H2,1H3/t10-,11+. The molecule has 0 unspecified atom stereocenters. The van der Waals surface area contributed by atoms with E-state index in [1.807, 2.05) is 18.4 Å². The highest BCUT2D eigenvalue weighted by Crippen LogP contribution is 2.18. The van der Waals surface area contributed by atoms with Crippen molar-refractivity contribution in [2.75, 3.05) is 19.3 Å². The second-order valence-electron chi connectivity index (χ2n) is 4.07. The van der Waals surface area contributed by atoms with E-state index in [0.717, 1.165) is 4.90 Å². The monoisotopic (exact) mass is 253 g/mol. The van der Waals surface area contributed by atoms with Crippen LogP contribution in [0.1, 0.15) is 10.4 Å². The van der Waals surface area contributed by atoms with Crippen LogP contribution in [0.4, 0.5) is 0 Å². The van der Waals surface area contributed by atoms with Gasteiger partial charge >= 0.3 is 0 Å². The van der Waals surface area contributed by atoms with Gasteiger partial charge in [-0.1, -0.05) is 0 Å². The van der Waals surface area contributed by atoms with Crippen LogP contribution in [-0.4, -0.2) is 52.6 Å². The molecule has 92 valence electrons. The highest BCUT2D eigenvalue weighted by Gasteiger charge is 2.32. The second-order valence-corrected chi connectivity index (χ2v) is 4.95. The molecular weight excluding hydrogens is 238 g/mol. The van der Waals surface area contributed by atoms with Gasteiger partial charge < -0.3 is 15.1 Å². The Balaban J connectivity index is 2.09. The van der Waals surface area contributed by atoms with Crippen LogP contribution in [-0.2, 0) is 0 Å². The maximum atomic E-state index is 12.0. The van der Waals surface area contributed by atoms with E-state index in [0.29, 0.717) is 5.56 Å². The van der Waals surface area contributed by atoms with Crippen molar-refractivity contribution in [3.63, 3.8) is 0 Å². The molecule has 2 rings (SSSR count). The molecule has 17 heavy (non-hydrogen) atoms. The number of hydrogen-bond donors (Lipinski definition) is 2. The zero-order valence-electron chi connectivity index (χ0n) is 9.54. The summed E-state index contributed by atoms with van der Waals surface area (Å²) in [6.07, 6.45) is 0.318. The van der Waals surface area contributed by atoms with Crippen molar-refractivity contribution in [3.8, 4) is 0 Å². The fourth-order valence-corrected chi connectivity index (χ4v) is 2.26. The number of carbonyl (C=O) groups is 1. The number of thioether (sulfide) groups is 1. The summed E-state index contributed by atoms with van der Waals surface area (Å²) in [6, 6.07) is 7.32. The first kappa shape index (κ1) is 12.4. The van der Waals surface area contributed by atoms with E-state index < -0.39 is 12.2 Å². The molecule has 1 fully saturated rings. The second kappa shape index (κ2) is 5.08. The molecular formula is C12H15NO3S. The van der Waals surface area contributed by atoms with Gasteiger partial charge in [-0.25, -0.2) is 0 Å². The molecule has 1 aromatic carbocycles. The molecule has 1 aliphatic rings. The predicted octanol–water partition coefficient (Wildman–Crippen LogP) is 0.586. The van der Waals surface area contributed by atoms with Gasteiger partial charge in [-0.15, -0.1) is 11.8 Å². The van der Waals surface area contributed by atoms with Crippen molar-refractivity contribution >= 4 is 17.7 Å². The Morgan fingerprint density at radius 3 is 2.24 bits per heavy atom. The molecule has 1 aromatic rings. The maximum Gasteiger partial charge on any atom is 0.254 e. The molecule has 1 saturated heterocycles. The maximum absolute atomic E-state index is 12.0. The SMILES string of the molecule is CSc1ccc(C(=O)N2C[C@@H](O)[C@@H](O)C2)cc1. The fourth-order valence-electron chi connectivity index (χ4n) is 1.85. The minimum absolute atomic E-state index is 0.145. The number of aliphatic hydroxyl groups is 2. The Kier molecular flexibility index (Phi) is 3.71. The van der Waals surface area contributed by atoms with E-state index in [2.05, 4.69) is 0 Å². The van der Waals surface area contributed by atoms with Crippen LogP contribution in [0, 0.1) is 0 Å². The highest BCUT2D eigenvalue weighted by atomic mass is 32.2. The Labute approximate surface area is 104 Å². The van der Waals surface area contributed by atoms with Crippen molar-refractivity contribution in [3.05, 3.63) is 29.8 Å². The van der Waals surface area contributed by atoms with Crippen LogP contribution < -0.4 is 0 Å². The van der Waals surface area contributed by atoms with E-state index in [1.165, 1.54) is 4.90 Å². The molecule has 1 amide bonds. The third kappa shape index (κ3) is 2.62. The summed E-state index contributed by atoms with van der Waals surface area (Å²) in [7, 11) is 0. The molecule has 2 N–H and O–H groups in total. The molecule has 0 spiro atoms. The van der Waals surface area contributed by atoms with Crippen molar-refractivity contribution in [1.82, 2.24) is 4.90 Å². The smallest absolute Gasteiger partial charge is 0.254 e. The number of β-amino-alcohol motifs (C(OH)–C–C–N with tert-alkyl or cyclic N) is 2. The molecule has 0 saturated carbocycles. The van der Waals surface area contributed by atoms with Crippen LogP contribution in [0.25, 0.3) is 0 Å². The average molecular weight is 253 g/mol. The van der Waals surface area contributed by atoms with Crippen LogP contribution in [0.15, 0.2) is 29.2 Å². The average Bonchev–Trinajstić information content (AvgIpc) is 2.69. The lowest BCUT2D eigenvalue weighted by molar-refractivity contribution is 0.0572. The van der Waals surface area contributed by atoms with Gasteiger partial charge in [0, 0.05) is 23.5 Å². The van der Waals surface area contributed by atoms with Gasteiger partial charge in [0.2, 0.25) is 0 Å². The third-order valence-corrected chi connectivity index (χ3v) is 3.63. The highest BCUT2D eigenvalue weighted by molar-refractivity contribution is 7.98. The van der Waals surface area contributed by atoms with Crippen molar-refractivity contribution in [1.29, 1.82) is 0 Å². The van der Waals surface area contributed by atoms with Gasteiger partial charge in [-0.2, -0.15) is 0 Å². The normalized spacial score (nSPS) is 24.1. The first-order valence-electron chi connectivity index (χ1n) is 5.41. The first-order chi connectivity index (χ1) is 8.11. The topological polar surface area (TPSA) is 60.8 Å². The van der Waals surface area contributed by atoms with Gasteiger partial charge in [0.05, 0.1) is 12.2 Å². The van der Waals surface area contributed by atoms with E-state index in [1.54, 1.807) is 23.9 Å². The van der Waals surface area contributed by atoms with Crippen molar-refractivity contribution in [2.45, 2.75) is 17.1 Å². The van der Waals surface area contributed by atoms with E-state index in [9.17, 15) is 15.0 Å². The van der Waals surface area contributed by atoms with Crippen LogP contribution in [0.5, 0.6) is 0 Å². The minimum Gasteiger partial charge on any atom is -0.388 e. The molecule has 0 radical (unpaired) electrons. The Morgan fingerprint density at radius 1 is 1.24 bits per heavy atom. The molecule has 4 nitrogen and oxygen atoms in total. The number of likely N-dealkylation sites (tertiary alicyclic amines) is 1. The minimum atomic E-state index is -0.829. The van der Waals surface area contributed by atoms with Gasteiger partial charge in [0.25, 0.3) is 5.91 Å². The molecule has 0 aromatic heterocycles. The summed E-state index contributed by atoms with van der Waals surface area (Å²) < 4.78 is 0. The van der Waals surface area contributed by atoms with Crippen LogP contribution in [0.3, 0.4) is 0 Å². The predicted molar refractivity (Wildman–Crippen MR) is 66.1 cm³/mol. The summed E-state index contributed by atoms with van der Waals surface area (Å²) >= 11 is 1.62. The molecule has 5 heteroatoms. The first-order valence-corrected chi connectivity index (χ1v) is 6.63. The van der Waals surface area contributed by atoms with E-state index in [-0.39, 0.29) is 19.0 Å². The van der Waals surface area contributed by atoms with Gasteiger partial charge in [-0.05, 0) is 30.5 Å². The fraction of sp³-hybridized carbons (Fsp3) is 0.417. The largest absolute Gasteiger partial charge is 0.388 e. The summed E-state index contributed by atoms with van der Waals surface area (Å²) in [5.74, 6) is -0.145. The van der Waals surface area contributed by atoms with E-state index in [4.69, 9.17) is 0 Å². The summed E-state index contributed by atoms with van der Waals surface area (Å²) in [6.45, 7) is 0.397. The molecule has 2 atom stereocenters. The number of amides is 1. The van der Waals surface area contributed by atoms with Crippen LogP contribution in [0.2, 0.25) is 0 Å². The quantitative estimate of drug-likeness (QED) is 0.757. The Hall–Kier alpha value is -1.04. The molecule has 0 aliphatic carbocycles. The summed E-state index contributed by atoms with van der Waals surface area (Å²) in [4.78, 5) is 14.6. The lowest BCUT2D eigenvalue weighted by Crippen LogP contribution is -2.29. The summed E-state index contributed by atoms with van der Waals surface area (Å²) in [5.41, 5.74) is 0.587. The van der Waals surface area contributed by atoms with Gasteiger partial charge in [-0.3, -0.25) is 4.79 Å². The lowest BCUT2D eigenvalue weighted by Gasteiger charge is -2.15. The number of carbonyl (C=O) groups excluding carboxylic acids is 1. The van der Waals surface area contributed by atoms with Crippen molar-refractivity contribution < 1.29 is 15.0 Å². The van der Waals surface area contributed by atoms with Crippen LogP contribution >= 0.6 is 11.8 Å². The van der Waals surface area contributed by atoms with Crippen molar-refractivity contribution in [2.24, 2.45) is 0 Å². The zero-order chi connectivity index (χ0) is 12.4. The number of rotatable bonds is 2. The van der Waals surface area contributed by atoms with E-state index >= 15 is 0 Å². The number of hydrogen-bond acceptors (Lipinski definition) is 4. The van der Waals surface area contributed by atoms with Gasteiger partial charge in [0.15, 0.2) is 0 Å². The Morgan fingerprint density at radius 2 is 1.76 bits per heavy atom. The van der Waals surface area contributed by atoms with Gasteiger partial charge in [0.1, 0.15) is 0 Å². The number of nitrogens with zero attached hydrogens (tertiary/aromatic N) is 1. The third-order valence-electron chi connectivity index (χ3n) is 2.88. The zero-order valence-corrected chi connectivity index (χ0v) is 10.4. The Bertz CT molecular complexity index is 397. The molecule has 1 aliphatic heterocycles. The lowest BCUT2D eigenvalue weighted by atomic mass is 10.2. The number of benzene rings is 1. The molecule has 0 bridgehead atoms. The molecule has 1 heterocycles. The number of aliphatic hydroxyl groups excluding tert-OH is 2.